The van der Waals surface area contributed by atoms with E-state index in [9.17, 15) is 14.4 Å². The van der Waals surface area contributed by atoms with Crippen LogP contribution in [0.25, 0.3) is 10.8 Å². The van der Waals surface area contributed by atoms with Gasteiger partial charge in [-0.25, -0.2) is 10.2 Å². The lowest BCUT2D eigenvalue weighted by Crippen LogP contribution is -2.32. The van der Waals surface area contributed by atoms with Gasteiger partial charge < -0.3 is 14.8 Å². The summed E-state index contributed by atoms with van der Waals surface area (Å²) in [5.74, 6) is -1.63. The number of anilines is 1. The molecule has 0 spiro atoms. The molecular weight excluding hydrogens is 494 g/mol. The normalized spacial score (nSPS) is 10.8. The molecule has 37 heavy (non-hydrogen) atoms. The van der Waals surface area contributed by atoms with Gasteiger partial charge in [0.05, 0.1) is 18.9 Å². The van der Waals surface area contributed by atoms with Crippen molar-refractivity contribution in [3.63, 3.8) is 0 Å². The van der Waals surface area contributed by atoms with Crippen LogP contribution in [0.5, 0.6) is 11.5 Å². The van der Waals surface area contributed by atoms with Crippen LogP contribution in [0.1, 0.15) is 21.5 Å². The van der Waals surface area contributed by atoms with Crippen LogP contribution >= 0.6 is 11.6 Å². The monoisotopic (exact) mass is 515 g/mol. The van der Waals surface area contributed by atoms with Crippen molar-refractivity contribution in [1.82, 2.24) is 5.43 Å². The number of carbonyl (C=O) groups is 3. The van der Waals surface area contributed by atoms with Gasteiger partial charge >= 0.3 is 17.8 Å². The number of esters is 1. The Hall–Kier alpha value is -4.69. The Morgan fingerprint density at radius 1 is 0.919 bits per heavy atom. The molecule has 8 nitrogen and oxygen atoms in total. The molecule has 0 fully saturated rings. The second-order valence-electron chi connectivity index (χ2n) is 7.93. The second kappa shape index (κ2) is 11.4. The first-order chi connectivity index (χ1) is 17.9. The fourth-order valence-electron chi connectivity index (χ4n) is 3.45. The van der Waals surface area contributed by atoms with Gasteiger partial charge in [-0.05, 0) is 65.7 Å². The van der Waals surface area contributed by atoms with Crippen molar-refractivity contribution in [2.75, 3.05) is 12.4 Å². The Kier molecular flexibility index (Phi) is 7.80. The average molecular weight is 516 g/mol. The SMILES string of the molecule is COc1ccc(C(=O)Oc2ccc3ccccc3c2/C=N/NC(=O)C(=O)Nc2ccc(C)c(Cl)c2)cc1. The molecule has 2 N–H and O–H groups in total. The molecule has 0 aromatic heterocycles. The van der Waals surface area contributed by atoms with Crippen LogP contribution in [-0.4, -0.2) is 31.1 Å². The lowest BCUT2D eigenvalue weighted by atomic mass is 10.0. The molecule has 0 saturated carbocycles. The first-order valence-electron chi connectivity index (χ1n) is 11.1. The Morgan fingerprint density at radius 3 is 2.41 bits per heavy atom. The number of fused-ring (bicyclic) bond motifs is 1. The highest BCUT2D eigenvalue weighted by Gasteiger charge is 2.16. The molecule has 0 atom stereocenters. The Bertz CT molecular complexity index is 1520. The predicted octanol–water partition coefficient (Wildman–Crippen LogP) is 5.12. The number of carbonyl (C=O) groups excluding carboxylic acids is 3. The topological polar surface area (TPSA) is 106 Å². The zero-order valence-electron chi connectivity index (χ0n) is 19.9. The van der Waals surface area contributed by atoms with Gasteiger partial charge in [0.1, 0.15) is 11.5 Å². The quantitative estimate of drug-likeness (QED) is 0.122. The van der Waals surface area contributed by atoms with Crippen molar-refractivity contribution in [3.8, 4) is 11.5 Å². The molecule has 0 bridgehead atoms. The molecular formula is C28H22ClN3O5. The van der Waals surface area contributed by atoms with Crippen molar-refractivity contribution < 1.29 is 23.9 Å². The van der Waals surface area contributed by atoms with Gasteiger partial charge in [-0.15, -0.1) is 0 Å². The molecule has 0 aliphatic rings. The van der Waals surface area contributed by atoms with Gasteiger partial charge in [0.15, 0.2) is 0 Å². The van der Waals surface area contributed by atoms with E-state index in [2.05, 4.69) is 15.8 Å². The number of halogens is 1. The zero-order chi connectivity index (χ0) is 26.4. The highest BCUT2D eigenvalue weighted by molar-refractivity contribution is 6.40. The van der Waals surface area contributed by atoms with E-state index in [1.807, 2.05) is 37.3 Å². The minimum absolute atomic E-state index is 0.233. The number of hydrogen-bond donors (Lipinski definition) is 2. The minimum Gasteiger partial charge on any atom is -0.497 e. The van der Waals surface area contributed by atoms with Crippen LogP contribution < -0.4 is 20.2 Å². The maximum absolute atomic E-state index is 12.8. The van der Waals surface area contributed by atoms with E-state index in [1.54, 1.807) is 48.5 Å². The summed E-state index contributed by atoms with van der Waals surface area (Å²) < 4.78 is 10.8. The van der Waals surface area contributed by atoms with Crippen LogP contribution in [0.3, 0.4) is 0 Å². The lowest BCUT2D eigenvalue weighted by Gasteiger charge is -2.11. The third-order valence-corrected chi connectivity index (χ3v) is 5.86. The number of benzene rings is 4. The number of methoxy groups -OCH3 is 1. The fraction of sp³-hybridized carbons (Fsp3) is 0.0714. The highest BCUT2D eigenvalue weighted by Crippen LogP contribution is 2.28. The summed E-state index contributed by atoms with van der Waals surface area (Å²) in [6.45, 7) is 1.82. The summed E-state index contributed by atoms with van der Waals surface area (Å²) in [5.41, 5.74) is 4.20. The summed E-state index contributed by atoms with van der Waals surface area (Å²) in [6.07, 6.45) is 1.33. The first-order valence-corrected chi connectivity index (χ1v) is 11.5. The summed E-state index contributed by atoms with van der Waals surface area (Å²) in [7, 11) is 1.54. The molecule has 2 amide bonds. The maximum atomic E-state index is 12.8. The average Bonchev–Trinajstić information content (AvgIpc) is 2.91. The van der Waals surface area contributed by atoms with E-state index in [1.165, 1.54) is 13.3 Å². The van der Waals surface area contributed by atoms with E-state index in [0.29, 0.717) is 27.6 Å². The minimum atomic E-state index is -0.982. The summed E-state index contributed by atoms with van der Waals surface area (Å²) >= 11 is 6.06. The molecule has 186 valence electrons. The standard InChI is InChI=1S/C28H22ClN3O5/c1-17-7-11-20(15-24(17)29)31-26(33)27(34)32-30-16-23-22-6-4-3-5-18(22)10-14-25(23)37-28(35)19-8-12-21(36-2)13-9-19/h3-16H,1-2H3,(H,31,33)(H,32,34)/b30-16+. The number of ether oxygens (including phenoxy) is 2. The summed E-state index contributed by atoms with van der Waals surface area (Å²) in [5, 5.41) is 8.46. The van der Waals surface area contributed by atoms with Crippen LogP contribution in [-0.2, 0) is 9.59 Å². The van der Waals surface area contributed by atoms with Gasteiger partial charge in [-0.2, -0.15) is 5.10 Å². The third-order valence-electron chi connectivity index (χ3n) is 5.45. The molecule has 0 unspecified atom stereocenters. The molecule has 0 radical (unpaired) electrons. The molecule has 4 rings (SSSR count). The molecule has 0 heterocycles. The summed E-state index contributed by atoms with van der Waals surface area (Å²) in [4.78, 5) is 37.3. The fourth-order valence-corrected chi connectivity index (χ4v) is 3.63. The third kappa shape index (κ3) is 6.12. The Morgan fingerprint density at radius 2 is 1.68 bits per heavy atom. The first kappa shape index (κ1) is 25.4. The van der Waals surface area contributed by atoms with Crippen LogP contribution in [0.4, 0.5) is 5.69 Å². The second-order valence-corrected chi connectivity index (χ2v) is 8.34. The number of aryl methyl sites for hydroxylation is 1. The predicted molar refractivity (Wildman–Crippen MR) is 142 cm³/mol. The van der Waals surface area contributed by atoms with Crippen molar-refractivity contribution in [3.05, 3.63) is 101 Å². The number of hydrogen-bond acceptors (Lipinski definition) is 6. The van der Waals surface area contributed by atoms with Gasteiger partial charge in [0.25, 0.3) is 0 Å². The lowest BCUT2D eigenvalue weighted by molar-refractivity contribution is -0.136. The van der Waals surface area contributed by atoms with Crippen LogP contribution in [0, 0.1) is 6.92 Å². The van der Waals surface area contributed by atoms with Gasteiger partial charge in [-0.3, -0.25) is 9.59 Å². The van der Waals surface area contributed by atoms with Crippen molar-refractivity contribution >= 4 is 52.1 Å². The van der Waals surface area contributed by atoms with E-state index >= 15 is 0 Å². The summed E-state index contributed by atoms with van der Waals surface area (Å²) in [6, 6.07) is 22.3. The number of nitrogens with zero attached hydrogens (tertiary/aromatic N) is 1. The molecule has 0 aliphatic heterocycles. The van der Waals surface area contributed by atoms with Crippen LogP contribution in [0.2, 0.25) is 5.02 Å². The number of rotatable bonds is 6. The molecule has 9 heteroatoms. The molecule has 4 aromatic carbocycles. The van der Waals surface area contributed by atoms with E-state index in [-0.39, 0.29) is 5.75 Å². The van der Waals surface area contributed by atoms with Crippen molar-refractivity contribution in [1.29, 1.82) is 0 Å². The van der Waals surface area contributed by atoms with Crippen molar-refractivity contribution in [2.45, 2.75) is 6.92 Å². The van der Waals surface area contributed by atoms with Gasteiger partial charge in [-0.1, -0.05) is 48.0 Å². The number of nitrogens with one attached hydrogen (secondary N) is 2. The van der Waals surface area contributed by atoms with E-state index in [4.69, 9.17) is 21.1 Å². The molecule has 0 aliphatic carbocycles. The highest BCUT2D eigenvalue weighted by atomic mass is 35.5. The Balaban J connectivity index is 1.52. The molecule has 4 aromatic rings. The van der Waals surface area contributed by atoms with Gasteiger partial charge in [0.2, 0.25) is 0 Å². The van der Waals surface area contributed by atoms with E-state index < -0.39 is 17.8 Å². The van der Waals surface area contributed by atoms with Crippen LogP contribution in [0.15, 0.2) is 84.0 Å². The number of hydrazone groups is 1. The molecule has 0 saturated heterocycles. The largest absolute Gasteiger partial charge is 0.497 e. The smallest absolute Gasteiger partial charge is 0.343 e. The van der Waals surface area contributed by atoms with Crippen molar-refractivity contribution in [2.24, 2.45) is 5.10 Å². The number of amides is 2. The Labute approximate surface area is 217 Å². The van der Waals surface area contributed by atoms with Gasteiger partial charge in [0, 0.05) is 16.3 Å². The zero-order valence-corrected chi connectivity index (χ0v) is 20.7. The van der Waals surface area contributed by atoms with E-state index in [0.717, 1.165) is 16.3 Å². The maximum Gasteiger partial charge on any atom is 0.343 e.